The Morgan fingerprint density at radius 3 is 2.34 bits per heavy atom. The lowest BCUT2D eigenvalue weighted by Gasteiger charge is -2.29. The molecule has 0 bridgehead atoms. The molecular weight excluding hydrogens is 386 g/mol. The summed E-state index contributed by atoms with van der Waals surface area (Å²) in [4.78, 5) is 14.8. The van der Waals surface area contributed by atoms with Crippen LogP contribution >= 0.6 is 0 Å². The standard InChI is InChI=1S/C22H27N3O3S/c1-6-7-10-25-17(5)24-29(27,28)20-13-18(8-9-19(20)25)22(26)23-21-15(3)11-14(2)12-16(21)4/h8-9,11-13H,6-7,10H2,1-5H3,(H,23,26). The molecule has 0 radical (unpaired) electrons. The third kappa shape index (κ3) is 4.19. The molecule has 1 heterocycles. The number of sulfonamides is 1. The molecule has 0 unspecified atom stereocenters. The van der Waals surface area contributed by atoms with Crippen LogP contribution < -0.4 is 10.2 Å². The van der Waals surface area contributed by atoms with Crippen LogP contribution in [0, 0.1) is 20.8 Å². The quantitative estimate of drug-likeness (QED) is 0.777. The molecule has 3 rings (SSSR count). The number of anilines is 2. The van der Waals surface area contributed by atoms with Gasteiger partial charge in [0.1, 0.15) is 10.7 Å². The first-order chi connectivity index (χ1) is 13.6. The average molecular weight is 414 g/mol. The average Bonchev–Trinajstić information content (AvgIpc) is 2.63. The Labute approximate surface area is 172 Å². The highest BCUT2D eigenvalue weighted by molar-refractivity contribution is 7.90. The van der Waals surface area contributed by atoms with Crippen molar-refractivity contribution in [2.45, 2.75) is 52.4 Å². The number of amidine groups is 1. The van der Waals surface area contributed by atoms with Crippen LogP contribution in [0.3, 0.4) is 0 Å². The van der Waals surface area contributed by atoms with Crippen molar-refractivity contribution in [2.75, 3.05) is 16.8 Å². The summed E-state index contributed by atoms with van der Waals surface area (Å²) in [6.45, 7) is 10.3. The Hall–Kier alpha value is -2.67. The van der Waals surface area contributed by atoms with E-state index in [4.69, 9.17) is 0 Å². The summed E-state index contributed by atoms with van der Waals surface area (Å²) in [5, 5.41) is 2.93. The highest BCUT2D eigenvalue weighted by Gasteiger charge is 2.29. The van der Waals surface area contributed by atoms with Gasteiger partial charge in [-0.2, -0.15) is 8.42 Å². The van der Waals surface area contributed by atoms with Crippen molar-refractivity contribution in [3.63, 3.8) is 0 Å². The minimum atomic E-state index is -3.83. The minimum Gasteiger partial charge on any atom is -0.328 e. The van der Waals surface area contributed by atoms with E-state index in [0.717, 1.165) is 35.2 Å². The fraction of sp³-hybridized carbons (Fsp3) is 0.364. The van der Waals surface area contributed by atoms with Crippen LogP contribution in [0.25, 0.3) is 0 Å². The number of amides is 1. The number of benzene rings is 2. The lowest BCUT2D eigenvalue weighted by molar-refractivity contribution is 0.102. The van der Waals surface area contributed by atoms with Gasteiger partial charge in [0.15, 0.2) is 0 Å². The van der Waals surface area contributed by atoms with Gasteiger partial charge in [0.25, 0.3) is 15.9 Å². The lowest BCUT2D eigenvalue weighted by atomic mass is 10.0. The van der Waals surface area contributed by atoms with Crippen LogP contribution in [-0.4, -0.2) is 26.7 Å². The van der Waals surface area contributed by atoms with E-state index >= 15 is 0 Å². The Morgan fingerprint density at radius 1 is 1.07 bits per heavy atom. The van der Waals surface area contributed by atoms with E-state index in [1.54, 1.807) is 19.1 Å². The van der Waals surface area contributed by atoms with E-state index in [9.17, 15) is 13.2 Å². The molecule has 0 spiro atoms. The van der Waals surface area contributed by atoms with Gasteiger partial charge in [-0.15, -0.1) is 4.40 Å². The predicted octanol–water partition coefficient (Wildman–Crippen LogP) is 4.59. The highest BCUT2D eigenvalue weighted by Crippen LogP contribution is 2.33. The molecule has 0 atom stereocenters. The van der Waals surface area contributed by atoms with Crippen molar-refractivity contribution in [3.05, 3.63) is 52.6 Å². The van der Waals surface area contributed by atoms with Gasteiger partial charge in [0.2, 0.25) is 0 Å². The Balaban J connectivity index is 1.97. The number of hydrogen-bond donors (Lipinski definition) is 1. The van der Waals surface area contributed by atoms with Crippen LogP contribution in [-0.2, 0) is 10.0 Å². The van der Waals surface area contributed by atoms with Crippen LogP contribution in [0.4, 0.5) is 11.4 Å². The molecule has 29 heavy (non-hydrogen) atoms. The normalized spacial score (nSPS) is 14.9. The molecule has 2 aromatic carbocycles. The van der Waals surface area contributed by atoms with Crippen LogP contribution in [0.5, 0.6) is 0 Å². The Bertz CT molecular complexity index is 1080. The summed E-state index contributed by atoms with van der Waals surface area (Å²) in [5.74, 6) is 0.110. The molecule has 6 nitrogen and oxygen atoms in total. The molecule has 0 fully saturated rings. The Kier molecular flexibility index (Phi) is 5.80. The third-order valence-corrected chi connectivity index (χ3v) is 6.47. The molecule has 1 aliphatic rings. The van der Waals surface area contributed by atoms with Gasteiger partial charge in [-0.3, -0.25) is 4.79 Å². The molecular formula is C22H27N3O3S. The molecule has 1 amide bonds. The molecule has 7 heteroatoms. The smallest absolute Gasteiger partial charge is 0.286 e. The van der Waals surface area contributed by atoms with Gasteiger partial charge >= 0.3 is 0 Å². The zero-order valence-corrected chi connectivity index (χ0v) is 18.4. The van der Waals surface area contributed by atoms with Gasteiger partial charge < -0.3 is 10.2 Å². The van der Waals surface area contributed by atoms with Gasteiger partial charge in [0.05, 0.1) is 5.69 Å². The molecule has 0 saturated heterocycles. The summed E-state index contributed by atoms with van der Waals surface area (Å²) in [7, 11) is -3.83. The van der Waals surface area contributed by atoms with Crippen molar-refractivity contribution in [3.8, 4) is 0 Å². The van der Waals surface area contributed by atoms with E-state index < -0.39 is 10.0 Å². The van der Waals surface area contributed by atoms with Gasteiger partial charge in [-0.25, -0.2) is 0 Å². The van der Waals surface area contributed by atoms with Gasteiger partial charge in [-0.05, 0) is 63.4 Å². The van der Waals surface area contributed by atoms with E-state index in [-0.39, 0.29) is 16.4 Å². The number of fused-ring (bicyclic) bond motifs is 1. The number of aryl methyl sites for hydroxylation is 3. The molecule has 2 aromatic rings. The summed E-state index contributed by atoms with van der Waals surface area (Å²) in [6.07, 6.45) is 1.90. The second-order valence-electron chi connectivity index (χ2n) is 7.53. The number of unbranched alkanes of at least 4 members (excludes halogenated alkanes) is 1. The highest BCUT2D eigenvalue weighted by atomic mass is 32.2. The van der Waals surface area contributed by atoms with Crippen molar-refractivity contribution < 1.29 is 13.2 Å². The molecule has 1 aliphatic heterocycles. The first-order valence-corrected chi connectivity index (χ1v) is 11.2. The van der Waals surface area contributed by atoms with Crippen molar-refractivity contribution >= 4 is 33.1 Å². The summed E-state index contributed by atoms with van der Waals surface area (Å²) >= 11 is 0. The first-order valence-electron chi connectivity index (χ1n) is 9.76. The van der Waals surface area contributed by atoms with E-state index in [2.05, 4.69) is 16.6 Å². The zero-order valence-electron chi connectivity index (χ0n) is 17.5. The number of carbonyl (C=O) groups is 1. The molecule has 0 aliphatic carbocycles. The van der Waals surface area contributed by atoms with Gasteiger partial charge in [-0.1, -0.05) is 31.0 Å². The second-order valence-corrected chi connectivity index (χ2v) is 9.10. The Morgan fingerprint density at radius 2 is 1.72 bits per heavy atom. The van der Waals surface area contributed by atoms with E-state index in [1.807, 2.05) is 37.8 Å². The van der Waals surface area contributed by atoms with Crippen molar-refractivity contribution in [2.24, 2.45) is 4.40 Å². The maximum absolute atomic E-state index is 12.9. The fourth-order valence-corrected chi connectivity index (χ4v) is 4.96. The monoisotopic (exact) mass is 413 g/mol. The second kappa shape index (κ2) is 7.99. The van der Waals surface area contributed by atoms with Crippen molar-refractivity contribution in [1.82, 2.24) is 0 Å². The number of nitrogens with one attached hydrogen (secondary N) is 1. The first kappa shape index (κ1) is 21.0. The molecule has 1 N–H and O–H groups in total. The number of hydrogen-bond acceptors (Lipinski definition) is 4. The number of rotatable bonds is 5. The number of nitrogens with zero attached hydrogens (tertiary/aromatic N) is 2. The van der Waals surface area contributed by atoms with E-state index in [1.165, 1.54) is 6.07 Å². The zero-order chi connectivity index (χ0) is 21.3. The van der Waals surface area contributed by atoms with Crippen molar-refractivity contribution in [1.29, 1.82) is 0 Å². The largest absolute Gasteiger partial charge is 0.328 e. The molecule has 154 valence electrons. The fourth-order valence-electron chi connectivity index (χ4n) is 3.69. The molecule has 0 saturated carbocycles. The van der Waals surface area contributed by atoms with Gasteiger partial charge in [0, 0.05) is 17.8 Å². The SMILES string of the molecule is CCCCN1C(C)=NS(=O)(=O)c2cc(C(=O)Nc3c(C)cc(C)cc3C)ccc21. The third-order valence-electron chi connectivity index (χ3n) is 5.08. The predicted molar refractivity (Wildman–Crippen MR) is 118 cm³/mol. The summed E-state index contributed by atoms with van der Waals surface area (Å²) in [6, 6.07) is 8.80. The summed E-state index contributed by atoms with van der Waals surface area (Å²) < 4.78 is 29.2. The summed E-state index contributed by atoms with van der Waals surface area (Å²) in [5.41, 5.74) is 4.67. The van der Waals surface area contributed by atoms with Crippen LogP contribution in [0.1, 0.15) is 53.7 Å². The topological polar surface area (TPSA) is 78.8 Å². The van der Waals surface area contributed by atoms with E-state index in [0.29, 0.717) is 18.1 Å². The lowest BCUT2D eigenvalue weighted by Crippen LogP contribution is -2.34. The van der Waals surface area contributed by atoms with Crippen LogP contribution in [0.2, 0.25) is 0 Å². The van der Waals surface area contributed by atoms with Crippen LogP contribution in [0.15, 0.2) is 39.6 Å². The maximum atomic E-state index is 12.9. The number of carbonyl (C=O) groups excluding carboxylic acids is 1. The maximum Gasteiger partial charge on any atom is 0.286 e. The minimum absolute atomic E-state index is 0.0733. The molecule has 0 aromatic heterocycles.